The average Bonchev–Trinajstić information content (AvgIpc) is 2.65. The quantitative estimate of drug-likeness (QED) is 0.797. The van der Waals surface area contributed by atoms with Gasteiger partial charge in [0.2, 0.25) is 0 Å². The highest BCUT2D eigenvalue weighted by Gasteiger charge is 2.02. The summed E-state index contributed by atoms with van der Waals surface area (Å²) in [6, 6.07) is 7.88. The van der Waals surface area contributed by atoms with Crippen LogP contribution in [0.1, 0.15) is 16.2 Å². The van der Waals surface area contributed by atoms with Crippen molar-refractivity contribution < 1.29 is 4.79 Å². The average molecular weight is 266 g/mol. The molecule has 0 amide bonds. The number of rotatable bonds is 3. The van der Waals surface area contributed by atoms with Gasteiger partial charge in [0.1, 0.15) is 6.33 Å². The van der Waals surface area contributed by atoms with Gasteiger partial charge in [-0.3, -0.25) is 4.79 Å². The SMILES string of the molecule is O=Cc1nncn1Cc1cccc(Br)c1. The molecule has 0 saturated heterocycles. The number of hydrogen-bond acceptors (Lipinski definition) is 3. The third-order valence-electron chi connectivity index (χ3n) is 1.99. The van der Waals surface area contributed by atoms with E-state index in [2.05, 4.69) is 26.1 Å². The van der Waals surface area contributed by atoms with Crippen LogP contribution >= 0.6 is 15.9 Å². The second-order valence-electron chi connectivity index (χ2n) is 3.06. The lowest BCUT2D eigenvalue weighted by atomic mass is 10.2. The lowest BCUT2D eigenvalue weighted by molar-refractivity contribution is 0.111. The van der Waals surface area contributed by atoms with Crippen LogP contribution in [0.15, 0.2) is 35.1 Å². The molecule has 0 aliphatic heterocycles. The molecule has 1 aromatic carbocycles. The maximum absolute atomic E-state index is 10.6. The Morgan fingerprint density at radius 2 is 2.33 bits per heavy atom. The molecule has 1 aromatic heterocycles. The fraction of sp³-hybridized carbons (Fsp3) is 0.100. The number of carbonyl (C=O) groups excluding carboxylic acids is 1. The maximum Gasteiger partial charge on any atom is 0.196 e. The molecule has 0 fully saturated rings. The molecule has 0 aliphatic rings. The summed E-state index contributed by atoms with van der Waals surface area (Å²) in [6.07, 6.45) is 2.25. The van der Waals surface area contributed by atoms with Gasteiger partial charge >= 0.3 is 0 Å². The highest BCUT2D eigenvalue weighted by atomic mass is 79.9. The second-order valence-corrected chi connectivity index (χ2v) is 3.98. The summed E-state index contributed by atoms with van der Waals surface area (Å²) in [6.45, 7) is 0.598. The van der Waals surface area contributed by atoms with Crippen LogP contribution in [0, 0.1) is 0 Å². The minimum atomic E-state index is 0.343. The van der Waals surface area contributed by atoms with Crippen LogP contribution in [0.4, 0.5) is 0 Å². The molecule has 2 aromatic rings. The Morgan fingerprint density at radius 3 is 3.07 bits per heavy atom. The number of nitrogens with zero attached hydrogens (tertiary/aromatic N) is 3. The first kappa shape index (κ1) is 10.0. The van der Waals surface area contributed by atoms with E-state index in [4.69, 9.17) is 0 Å². The number of aromatic nitrogens is 3. The van der Waals surface area contributed by atoms with Crippen molar-refractivity contribution in [2.75, 3.05) is 0 Å². The van der Waals surface area contributed by atoms with Gasteiger partial charge in [0.15, 0.2) is 12.1 Å². The number of benzene rings is 1. The summed E-state index contributed by atoms with van der Waals surface area (Å²) in [5, 5.41) is 7.37. The fourth-order valence-electron chi connectivity index (χ4n) is 1.31. The highest BCUT2D eigenvalue weighted by molar-refractivity contribution is 9.10. The van der Waals surface area contributed by atoms with Crippen molar-refractivity contribution in [2.24, 2.45) is 0 Å². The van der Waals surface area contributed by atoms with Crippen LogP contribution < -0.4 is 0 Å². The van der Waals surface area contributed by atoms with Gasteiger partial charge in [-0.2, -0.15) is 0 Å². The van der Waals surface area contributed by atoms with Crippen molar-refractivity contribution in [3.8, 4) is 0 Å². The number of carbonyl (C=O) groups is 1. The predicted molar refractivity (Wildman–Crippen MR) is 58.7 cm³/mol. The van der Waals surface area contributed by atoms with E-state index in [9.17, 15) is 4.79 Å². The van der Waals surface area contributed by atoms with E-state index in [0.717, 1.165) is 10.0 Å². The Kier molecular flexibility index (Phi) is 2.91. The molecule has 0 spiro atoms. The van der Waals surface area contributed by atoms with Crippen LogP contribution in [0.5, 0.6) is 0 Å². The highest BCUT2D eigenvalue weighted by Crippen LogP contribution is 2.12. The van der Waals surface area contributed by atoms with Crippen LogP contribution in [-0.4, -0.2) is 21.1 Å². The Bertz CT molecular complexity index is 481. The van der Waals surface area contributed by atoms with Crippen molar-refractivity contribution in [1.29, 1.82) is 0 Å². The van der Waals surface area contributed by atoms with Gasteiger partial charge in [-0.1, -0.05) is 28.1 Å². The smallest absolute Gasteiger partial charge is 0.196 e. The van der Waals surface area contributed by atoms with Gasteiger partial charge in [0.05, 0.1) is 6.54 Å². The third-order valence-corrected chi connectivity index (χ3v) is 2.49. The maximum atomic E-state index is 10.6. The van der Waals surface area contributed by atoms with E-state index in [0.29, 0.717) is 18.7 Å². The molecule has 76 valence electrons. The molecule has 4 nitrogen and oxygen atoms in total. The number of halogens is 1. The second kappa shape index (κ2) is 4.35. The summed E-state index contributed by atoms with van der Waals surface area (Å²) in [5.41, 5.74) is 1.09. The van der Waals surface area contributed by atoms with Gasteiger partial charge < -0.3 is 4.57 Å². The predicted octanol–water partition coefficient (Wildman–Crippen LogP) is 1.90. The van der Waals surface area contributed by atoms with Crippen molar-refractivity contribution >= 4 is 22.2 Å². The molecule has 0 saturated carbocycles. The Hall–Kier alpha value is -1.49. The van der Waals surface area contributed by atoms with E-state index in [-0.39, 0.29) is 0 Å². The summed E-state index contributed by atoms with van der Waals surface area (Å²) in [7, 11) is 0. The Morgan fingerprint density at radius 1 is 1.47 bits per heavy atom. The van der Waals surface area contributed by atoms with Gasteiger partial charge in [-0.25, -0.2) is 0 Å². The third kappa shape index (κ3) is 2.30. The van der Waals surface area contributed by atoms with Crippen molar-refractivity contribution in [1.82, 2.24) is 14.8 Å². The zero-order chi connectivity index (χ0) is 10.7. The summed E-state index contributed by atoms with van der Waals surface area (Å²) in [4.78, 5) is 10.6. The zero-order valence-corrected chi connectivity index (χ0v) is 9.39. The van der Waals surface area contributed by atoms with Gasteiger partial charge in [0, 0.05) is 4.47 Å². The minimum absolute atomic E-state index is 0.343. The van der Waals surface area contributed by atoms with Crippen LogP contribution in [-0.2, 0) is 6.54 Å². The number of aldehydes is 1. The van der Waals surface area contributed by atoms with E-state index in [1.54, 1.807) is 10.9 Å². The molecule has 0 unspecified atom stereocenters. The van der Waals surface area contributed by atoms with E-state index >= 15 is 0 Å². The fourth-order valence-corrected chi connectivity index (χ4v) is 1.76. The summed E-state index contributed by atoms with van der Waals surface area (Å²) < 4.78 is 2.72. The largest absolute Gasteiger partial charge is 0.307 e. The van der Waals surface area contributed by atoms with E-state index in [1.807, 2.05) is 24.3 Å². The van der Waals surface area contributed by atoms with Crippen molar-refractivity contribution in [3.05, 3.63) is 46.5 Å². The van der Waals surface area contributed by atoms with Gasteiger partial charge in [-0.15, -0.1) is 10.2 Å². The van der Waals surface area contributed by atoms with Crippen LogP contribution in [0.3, 0.4) is 0 Å². The number of hydrogen-bond donors (Lipinski definition) is 0. The first-order valence-electron chi connectivity index (χ1n) is 4.37. The molecule has 0 radical (unpaired) electrons. The lowest BCUT2D eigenvalue weighted by Gasteiger charge is -2.03. The Labute approximate surface area is 95.1 Å². The molecule has 0 aliphatic carbocycles. The normalized spacial score (nSPS) is 10.2. The monoisotopic (exact) mass is 265 g/mol. The minimum Gasteiger partial charge on any atom is -0.307 e. The van der Waals surface area contributed by atoms with Crippen molar-refractivity contribution in [2.45, 2.75) is 6.54 Å². The molecule has 0 N–H and O–H groups in total. The summed E-state index contributed by atoms with van der Waals surface area (Å²) in [5.74, 6) is 0.343. The topological polar surface area (TPSA) is 47.8 Å². The molecular weight excluding hydrogens is 258 g/mol. The van der Waals surface area contributed by atoms with Gasteiger partial charge in [-0.05, 0) is 17.7 Å². The molecule has 5 heteroatoms. The first-order chi connectivity index (χ1) is 7.29. The summed E-state index contributed by atoms with van der Waals surface area (Å²) >= 11 is 3.39. The zero-order valence-electron chi connectivity index (χ0n) is 7.80. The van der Waals surface area contributed by atoms with E-state index < -0.39 is 0 Å². The van der Waals surface area contributed by atoms with Crippen molar-refractivity contribution in [3.63, 3.8) is 0 Å². The molecule has 2 rings (SSSR count). The molecule has 15 heavy (non-hydrogen) atoms. The standard InChI is InChI=1S/C10H8BrN3O/c11-9-3-1-2-8(4-9)5-14-7-12-13-10(14)6-15/h1-4,6-7H,5H2. The van der Waals surface area contributed by atoms with Gasteiger partial charge in [0.25, 0.3) is 0 Å². The molecule has 0 bridgehead atoms. The molecule has 0 atom stereocenters. The first-order valence-corrected chi connectivity index (χ1v) is 5.16. The lowest BCUT2D eigenvalue weighted by Crippen LogP contribution is -2.03. The van der Waals surface area contributed by atoms with E-state index in [1.165, 1.54) is 0 Å². The van der Waals surface area contributed by atoms with Crippen LogP contribution in [0.25, 0.3) is 0 Å². The Balaban J connectivity index is 2.25. The molecular formula is C10H8BrN3O. The molecule has 1 heterocycles. The van der Waals surface area contributed by atoms with Crippen LogP contribution in [0.2, 0.25) is 0 Å².